The second-order valence-electron chi connectivity index (χ2n) is 16.6. The zero-order valence-electron chi connectivity index (χ0n) is 38.2. The molecule has 58 heavy (non-hydrogen) atoms. The fraction of sp³-hybridized carbons (Fsp3) is 0.769. The molecule has 3 unspecified atom stereocenters. The predicted octanol–water partition coefficient (Wildman–Crippen LogP) is 14.5. The summed E-state index contributed by atoms with van der Waals surface area (Å²) < 4.78 is 5.89. The molecule has 0 heterocycles. The molecule has 0 aromatic heterocycles. The molecule has 0 radical (unpaired) electrons. The molecule has 0 fully saturated rings. The van der Waals surface area contributed by atoms with Gasteiger partial charge in [0.15, 0.2) is 0 Å². The van der Waals surface area contributed by atoms with E-state index in [1.54, 1.807) is 0 Å². The third-order valence-corrected chi connectivity index (χ3v) is 10.9. The van der Waals surface area contributed by atoms with Crippen molar-refractivity contribution in [2.45, 2.75) is 251 Å². The number of amides is 1. The van der Waals surface area contributed by atoms with E-state index in [4.69, 9.17) is 4.74 Å². The van der Waals surface area contributed by atoms with Gasteiger partial charge in [0, 0.05) is 6.42 Å². The topological polar surface area (TPSA) is 95.9 Å². The summed E-state index contributed by atoms with van der Waals surface area (Å²) >= 11 is 0. The second kappa shape index (κ2) is 45.6. The molecular weight excluding hydrogens is 719 g/mol. The Hall–Kier alpha value is -2.44. The standard InChI is InChI=1S/C52H93NO5/c1-4-7-10-13-16-19-21-23-24-25-26-27-28-30-33-36-39-42-45-52(57)58-48(43-40-37-34-32-29-22-20-17-14-11-8-5-2)46-51(56)53-49(47-54)50(55)44-41-38-35-31-18-15-12-9-6-3/h16,19,21,23-27,32,34,48-50,54-55H,4-15,17-18,20,22,28-31,33,35-47H2,1-3H3,(H,53,56)/b19-16+,23-21+,25-24+,27-26+,34-32-. The molecule has 0 saturated heterocycles. The van der Waals surface area contributed by atoms with Crippen molar-refractivity contribution in [1.29, 1.82) is 0 Å². The van der Waals surface area contributed by atoms with Gasteiger partial charge in [-0.25, -0.2) is 0 Å². The number of nitrogens with one attached hydrogen (secondary N) is 1. The molecule has 1 amide bonds. The number of esters is 1. The number of carbonyl (C=O) groups excluding carboxylic acids is 2. The van der Waals surface area contributed by atoms with Crippen molar-refractivity contribution in [3.05, 3.63) is 60.8 Å². The fourth-order valence-electron chi connectivity index (χ4n) is 7.15. The molecule has 3 atom stereocenters. The van der Waals surface area contributed by atoms with Gasteiger partial charge in [-0.1, -0.05) is 210 Å². The monoisotopic (exact) mass is 812 g/mol. The number of ether oxygens (including phenoxy) is 1. The van der Waals surface area contributed by atoms with Crippen LogP contribution in [0.1, 0.15) is 233 Å². The Morgan fingerprint density at radius 2 is 0.914 bits per heavy atom. The Bertz CT molecular complexity index is 1050. The third-order valence-electron chi connectivity index (χ3n) is 10.9. The van der Waals surface area contributed by atoms with Gasteiger partial charge in [-0.15, -0.1) is 0 Å². The Morgan fingerprint density at radius 3 is 1.45 bits per heavy atom. The summed E-state index contributed by atoms with van der Waals surface area (Å²) in [6, 6.07) is -0.714. The fourth-order valence-corrected chi connectivity index (χ4v) is 7.15. The minimum absolute atomic E-state index is 0.0455. The number of aliphatic hydroxyl groups is 2. The molecule has 6 heteroatoms. The first-order valence-electron chi connectivity index (χ1n) is 24.6. The summed E-state index contributed by atoms with van der Waals surface area (Å²) in [5.41, 5.74) is 0. The van der Waals surface area contributed by atoms with Crippen LogP contribution in [0.15, 0.2) is 60.8 Å². The minimum atomic E-state index is -0.798. The Kier molecular flexibility index (Phi) is 43.7. The van der Waals surface area contributed by atoms with E-state index in [9.17, 15) is 19.8 Å². The van der Waals surface area contributed by atoms with Gasteiger partial charge in [-0.05, 0) is 70.6 Å². The third kappa shape index (κ3) is 40.3. The van der Waals surface area contributed by atoms with Gasteiger partial charge < -0.3 is 20.3 Å². The van der Waals surface area contributed by atoms with E-state index < -0.39 is 18.2 Å². The van der Waals surface area contributed by atoms with Crippen LogP contribution < -0.4 is 5.32 Å². The van der Waals surface area contributed by atoms with Crippen LogP contribution in [0.4, 0.5) is 0 Å². The molecule has 0 rings (SSSR count). The van der Waals surface area contributed by atoms with Crippen LogP contribution in [0, 0.1) is 0 Å². The molecular formula is C52H93NO5. The van der Waals surface area contributed by atoms with Crippen molar-refractivity contribution in [1.82, 2.24) is 5.32 Å². The number of hydrogen-bond acceptors (Lipinski definition) is 5. The zero-order valence-corrected chi connectivity index (χ0v) is 38.2. The summed E-state index contributed by atoms with van der Waals surface area (Å²) in [5.74, 6) is -0.532. The van der Waals surface area contributed by atoms with E-state index in [2.05, 4.69) is 86.8 Å². The Labute approximate surface area is 358 Å². The van der Waals surface area contributed by atoms with Gasteiger partial charge in [0.1, 0.15) is 6.10 Å². The first-order chi connectivity index (χ1) is 28.5. The van der Waals surface area contributed by atoms with Crippen molar-refractivity contribution in [3.8, 4) is 0 Å². The maximum Gasteiger partial charge on any atom is 0.306 e. The molecule has 336 valence electrons. The van der Waals surface area contributed by atoms with E-state index >= 15 is 0 Å². The molecule has 0 aromatic rings. The highest BCUT2D eigenvalue weighted by molar-refractivity contribution is 5.77. The van der Waals surface area contributed by atoms with Gasteiger partial charge in [-0.3, -0.25) is 9.59 Å². The van der Waals surface area contributed by atoms with E-state index in [1.165, 1.54) is 103 Å². The van der Waals surface area contributed by atoms with Gasteiger partial charge in [0.05, 0.1) is 25.2 Å². The van der Waals surface area contributed by atoms with Gasteiger partial charge in [-0.2, -0.15) is 0 Å². The molecule has 3 N–H and O–H groups in total. The predicted molar refractivity (Wildman–Crippen MR) is 250 cm³/mol. The van der Waals surface area contributed by atoms with Crippen molar-refractivity contribution in [2.24, 2.45) is 0 Å². The normalized spacial score (nSPS) is 13.8. The highest BCUT2D eigenvalue weighted by Crippen LogP contribution is 2.16. The summed E-state index contributed by atoms with van der Waals surface area (Å²) in [7, 11) is 0. The number of rotatable bonds is 43. The first-order valence-corrected chi connectivity index (χ1v) is 24.6. The average Bonchev–Trinajstić information content (AvgIpc) is 3.22. The quantitative estimate of drug-likeness (QED) is 0.0247. The van der Waals surface area contributed by atoms with Gasteiger partial charge >= 0.3 is 5.97 Å². The van der Waals surface area contributed by atoms with E-state index in [1.807, 2.05) is 0 Å². The van der Waals surface area contributed by atoms with E-state index in [-0.39, 0.29) is 24.9 Å². The maximum atomic E-state index is 13.1. The average molecular weight is 812 g/mol. The van der Waals surface area contributed by atoms with Crippen LogP contribution in [-0.4, -0.2) is 46.9 Å². The molecule has 0 aliphatic rings. The molecule has 0 aliphatic heterocycles. The van der Waals surface area contributed by atoms with Crippen LogP contribution in [0.5, 0.6) is 0 Å². The Balaban J connectivity index is 4.64. The van der Waals surface area contributed by atoms with Gasteiger partial charge in [0.2, 0.25) is 5.91 Å². The number of aliphatic hydroxyl groups excluding tert-OH is 2. The lowest BCUT2D eigenvalue weighted by molar-refractivity contribution is -0.151. The number of unbranched alkanes of at least 4 members (excludes halogenated alkanes) is 24. The van der Waals surface area contributed by atoms with Crippen LogP contribution in [0.25, 0.3) is 0 Å². The van der Waals surface area contributed by atoms with E-state index in [0.717, 1.165) is 83.5 Å². The number of carbonyl (C=O) groups is 2. The summed E-state index contributed by atoms with van der Waals surface area (Å²) in [6.45, 7) is 6.40. The smallest absolute Gasteiger partial charge is 0.306 e. The summed E-state index contributed by atoms with van der Waals surface area (Å²) in [5, 5.41) is 23.6. The summed E-state index contributed by atoms with van der Waals surface area (Å²) in [6.07, 6.45) is 55.7. The van der Waals surface area contributed by atoms with Crippen molar-refractivity contribution in [2.75, 3.05) is 6.61 Å². The molecule has 0 aromatic carbocycles. The van der Waals surface area contributed by atoms with Crippen LogP contribution in [-0.2, 0) is 14.3 Å². The highest BCUT2D eigenvalue weighted by atomic mass is 16.5. The molecule has 6 nitrogen and oxygen atoms in total. The number of hydrogen-bond donors (Lipinski definition) is 3. The first kappa shape index (κ1) is 55.6. The second-order valence-corrected chi connectivity index (χ2v) is 16.6. The van der Waals surface area contributed by atoms with E-state index in [0.29, 0.717) is 19.3 Å². The Morgan fingerprint density at radius 1 is 0.500 bits per heavy atom. The number of allylic oxidation sites excluding steroid dienone is 10. The van der Waals surface area contributed by atoms with Crippen molar-refractivity contribution >= 4 is 11.9 Å². The molecule has 0 aliphatic carbocycles. The molecule has 0 saturated carbocycles. The lowest BCUT2D eigenvalue weighted by Crippen LogP contribution is -2.46. The minimum Gasteiger partial charge on any atom is -0.462 e. The lowest BCUT2D eigenvalue weighted by Gasteiger charge is -2.24. The molecule has 0 spiro atoms. The van der Waals surface area contributed by atoms with Crippen LogP contribution in [0.3, 0.4) is 0 Å². The van der Waals surface area contributed by atoms with Crippen LogP contribution >= 0.6 is 0 Å². The summed E-state index contributed by atoms with van der Waals surface area (Å²) in [4.78, 5) is 26.0. The molecule has 0 bridgehead atoms. The largest absolute Gasteiger partial charge is 0.462 e. The SMILES string of the molecule is CCCCC/C=C/C=C/C=C/C=C/CCCCCCCC(=O)OC(CCC/C=C\CCCCCCCCC)CC(=O)NC(CO)C(O)CCCCCCCCCCC. The lowest BCUT2D eigenvalue weighted by atomic mass is 10.0. The van der Waals surface area contributed by atoms with Crippen molar-refractivity contribution < 1.29 is 24.5 Å². The van der Waals surface area contributed by atoms with Crippen LogP contribution in [0.2, 0.25) is 0 Å². The highest BCUT2D eigenvalue weighted by Gasteiger charge is 2.24. The van der Waals surface area contributed by atoms with Gasteiger partial charge in [0.25, 0.3) is 0 Å². The zero-order chi connectivity index (χ0) is 42.4. The van der Waals surface area contributed by atoms with Crippen molar-refractivity contribution in [3.63, 3.8) is 0 Å². The maximum absolute atomic E-state index is 13.1.